The molecule has 0 radical (unpaired) electrons. The number of hydrogen-bond donors (Lipinski definition) is 5. The molecule has 0 saturated carbocycles. The lowest BCUT2D eigenvalue weighted by atomic mass is 9.99. The Balaban J connectivity index is 1.89. The van der Waals surface area contributed by atoms with E-state index in [1.54, 1.807) is 0 Å². The summed E-state index contributed by atoms with van der Waals surface area (Å²) in [5, 5.41) is 47.5. The van der Waals surface area contributed by atoms with Crippen molar-refractivity contribution in [2.24, 2.45) is 0 Å². The van der Waals surface area contributed by atoms with Crippen LogP contribution >= 0.6 is 0 Å². The molecule has 0 aliphatic carbocycles. The molecular weight excluding hydrogens is 368 g/mol. The van der Waals surface area contributed by atoms with E-state index >= 15 is 0 Å². The summed E-state index contributed by atoms with van der Waals surface area (Å²) in [6.07, 6.45) is -8.91. The van der Waals surface area contributed by atoms with Gasteiger partial charge in [0.15, 0.2) is 6.10 Å². The predicted octanol–water partition coefficient (Wildman–Crippen LogP) is -1.24. The van der Waals surface area contributed by atoms with Gasteiger partial charge in [0.2, 0.25) is 6.29 Å². The molecule has 5 N–H and O–H groups in total. The predicted molar refractivity (Wildman–Crippen MR) is 84.4 cm³/mol. The topological polar surface area (TPSA) is 184 Å². The molecule has 2 aromatic rings. The molecule has 1 aliphatic heterocycles. The summed E-state index contributed by atoms with van der Waals surface area (Å²) in [6, 6.07) is 5.01. The lowest BCUT2D eigenvalue weighted by molar-refractivity contribution is -0.271. The molecule has 5 unspecified atom stereocenters. The maximum absolute atomic E-state index is 11.6. The molecule has 0 bridgehead atoms. The highest BCUT2D eigenvalue weighted by molar-refractivity contribution is 5.91. The fourth-order valence-electron chi connectivity index (χ4n) is 2.60. The molecule has 2 heterocycles. The highest BCUT2D eigenvalue weighted by atomic mass is 16.7. The van der Waals surface area contributed by atoms with E-state index in [0.29, 0.717) is 0 Å². The van der Waals surface area contributed by atoms with Crippen LogP contribution in [0.25, 0.3) is 11.0 Å². The van der Waals surface area contributed by atoms with Crippen molar-refractivity contribution >= 4 is 22.9 Å². The monoisotopic (exact) mass is 382 g/mol. The van der Waals surface area contributed by atoms with E-state index in [1.807, 2.05) is 0 Å². The minimum Gasteiger partial charge on any atom is -0.479 e. The number of aliphatic hydroxyl groups is 3. The van der Waals surface area contributed by atoms with Gasteiger partial charge in [0.25, 0.3) is 0 Å². The molecule has 1 aromatic carbocycles. The zero-order valence-electron chi connectivity index (χ0n) is 13.4. The minimum atomic E-state index is -1.86. The number of aromatic carboxylic acids is 1. The molecule has 11 nitrogen and oxygen atoms in total. The average molecular weight is 382 g/mol. The van der Waals surface area contributed by atoms with Gasteiger partial charge in [-0.2, -0.15) is 0 Å². The van der Waals surface area contributed by atoms with Crippen molar-refractivity contribution in [1.29, 1.82) is 0 Å². The van der Waals surface area contributed by atoms with Crippen LogP contribution in [0.3, 0.4) is 0 Å². The Morgan fingerprint density at radius 3 is 2.33 bits per heavy atom. The summed E-state index contributed by atoms with van der Waals surface area (Å²) in [5.41, 5.74) is -1.66. The van der Waals surface area contributed by atoms with Gasteiger partial charge in [-0.25, -0.2) is 14.4 Å². The minimum absolute atomic E-state index is 0.0227. The maximum atomic E-state index is 11.6. The average Bonchev–Trinajstić information content (AvgIpc) is 2.61. The summed E-state index contributed by atoms with van der Waals surface area (Å²) < 4.78 is 15.2. The number of fused-ring (bicyclic) bond motifs is 1. The summed E-state index contributed by atoms with van der Waals surface area (Å²) in [5.74, 6) is -3.03. The van der Waals surface area contributed by atoms with Gasteiger partial charge in [-0.1, -0.05) is 0 Å². The van der Waals surface area contributed by atoms with Crippen molar-refractivity contribution < 1.29 is 49.0 Å². The number of carbonyl (C=O) groups is 2. The van der Waals surface area contributed by atoms with Crippen molar-refractivity contribution in [3.8, 4) is 5.75 Å². The van der Waals surface area contributed by atoms with Gasteiger partial charge >= 0.3 is 17.6 Å². The van der Waals surface area contributed by atoms with Crippen molar-refractivity contribution in [3.63, 3.8) is 0 Å². The molecule has 11 heteroatoms. The third-order valence-corrected chi connectivity index (χ3v) is 4.00. The van der Waals surface area contributed by atoms with Gasteiger partial charge in [0.05, 0.1) is 0 Å². The van der Waals surface area contributed by atoms with Crippen LogP contribution < -0.4 is 10.4 Å². The van der Waals surface area contributed by atoms with Crippen molar-refractivity contribution in [2.45, 2.75) is 30.7 Å². The molecule has 3 rings (SSSR count). The third kappa shape index (κ3) is 3.48. The van der Waals surface area contributed by atoms with Gasteiger partial charge in [-0.05, 0) is 18.2 Å². The van der Waals surface area contributed by atoms with Crippen LogP contribution in [0.15, 0.2) is 33.5 Å². The fraction of sp³-hybridized carbons (Fsp3) is 0.312. The standard InChI is InChI=1S/C16H14O11/c17-9-10(18)12(14(22)23)27-16(11(9)19)25-6-2-1-5-3-7(13(20)21)15(24)26-8(5)4-6/h1-4,9-12,16-19H,(H,20,21)(H,22,23). The van der Waals surface area contributed by atoms with Crippen LogP contribution in [0, 0.1) is 0 Å². The lowest BCUT2D eigenvalue weighted by Gasteiger charge is -2.38. The Morgan fingerprint density at radius 1 is 1.00 bits per heavy atom. The largest absolute Gasteiger partial charge is 0.479 e. The first-order chi connectivity index (χ1) is 12.7. The molecule has 1 aliphatic rings. The Hall–Kier alpha value is -2.99. The molecule has 1 saturated heterocycles. The first kappa shape index (κ1) is 18.8. The van der Waals surface area contributed by atoms with Crippen LogP contribution in [0.5, 0.6) is 5.75 Å². The van der Waals surface area contributed by atoms with Crippen LogP contribution in [0.4, 0.5) is 0 Å². The third-order valence-electron chi connectivity index (χ3n) is 4.00. The van der Waals surface area contributed by atoms with Crippen LogP contribution in [-0.2, 0) is 9.53 Å². The number of aliphatic hydroxyl groups excluding tert-OH is 3. The Morgan fingerprint density at radius 2 is 1.70 bits per heavy atom. The number of carboxylic acid groups (broad SMARTS) is 2. The summed E-state index contributed by atoms with van der Waals surface area (Å²) >= 11 is 0. The van der Waals surface area contributed by atoms with Crippen molar-refractivity contribution in [1.82, 2.24) is 0 Å². The number of ether oxygens (including phenoxy) is 2. The van der Waals surface area contributed by atoms with Crippen molar-refractivity contribution in [2.75, 3.05) is 0 Å². The first-order valence-corrected chi connectivity index (χ1v) is 7.59. The molecule has 0 amide bonds. The van der Waals surface area contributed by atoms with Gasteiger partial charge in [-0.3, -0.25) is 0 Å². The second-order valence-electron chi connectivity index (χ2n) is 5.81. The molecule has 144 valence electrons. The Labute approximate surface area is 149 Å². The van der Waals surface area contributed by atoms with E-state index in [4.69, 9.17) is 24.1 Å². The first-order valence-electron chi connectivity index (χ1n) is 7.59. The number of hydrogen-bond acceptors (Lipinski definition) is 9. The zero-order valence-corrected chi connectivity index (χ0v) is 13.4. The molecule has 1 fully saturated rings. The van der Waals surface area contributed by atoms with Crippen LogP contribution in [0.2, 0.25) is 0 Å². The zero-order chi connectivity index (χ0) is 19.9. The van der Waals surface area contributed by atoms with Gasteiger partial charge in [0.1, 0.15) is 35.2 Å². The summed E-state index contributed by atoms with van der Waals surface area (Å²) in [6.45, 7) is 0. The van der Waals surface area contributed by atoms with Gasteiger partial charge in [0, 0.05) is 11.5 Å². The highest BCUT2D eigenvalue weighted by Gasteiger charge is 2.48. The molecule has 1 aromatic heterocycles. The van der Waals surface area contributed by atoms with E-state index in [2.05, 4.69) is 0 Å². The number of aliphatic carboxylic acids is 1. The number of benzene rings is 1. The SMILES string of the molecule is O=C(O)c1cc2ccc(OC3OC(C(=O)O)C(O)C(O)C3O)cc2oc1=O. The molecule has 27 heavy (non-hydrogen) atoms. The number of rotatable bonds is 4. The molecular formula is C16H14O11. The van der Waals surface area contributed by atoms with Crippen molar-refractivity contribution in [3.05, 3.63) is 40.2 Å². The van der Waals surface area contributed by atoms with E-state index in [1.165, 1.54) is 18.2 Å². The Kier molecular flexibility index (Phi) is 4.85. The summed E-state index contributed by atoms with van der Waals surface area (Å²) in [7, 11) is 0. The van der Waals surface area contributed by atoms with E-state index < -0.39 is 53.8 Å². The second kappa shape index (κ2) is 6.96. The van der Waals surface area contributed by atoms with E-state index in [9.17, 15) is 29.7 Å². The lowest BCUT2D eigenvalue weighted by Crippen LogP contribution is -2.61. The smallest absolute Gasteiger partial charge is 0.351 e. The normalized spacial score (nSPS) is 28.0. The Bertz CT molecular complexity index is 949. The van der Waals surface area contributed by atoms with E-state index in [-0.39, 0.29) is 16.7 Å². The molecule has 0 spiro atoms. The van der Waals surface area contributed by atoms with Crippen LogP contribution in [0.1, 0.15) is 10.4 Å². The highest BCUT2D eigenvalue weighted by Crippen LogP contribution is 2.27. The second-order valence-corrected chi connectivity index (χ2v) is 5.81. The maximum Gasteiger partial charge on any atom is 0.351 e. The molecule has 5 atom stereocenters. The van der Waals surface area contributed by atoms with Gasteiger partial charge in [-0.15, -0.1) is 0 Å². The van der Waals surface area contributed by atoms with Gasteiger partial charge < -0.3 is 39.4 Å². The fourth-order valence-corrected chi connectivity index (χ4v) is 2.60. The number of carboxylic acids is 2. The van der Waals surface area contributed by atoms with Crippen LogP contribution in [-0.4, -0.2) is 68.2 Å². The quantitative estimate of drug-likeness (QED) is 0.399. The van der Waals surface area contributed by atoms with E-state index in [0.717, 1.165) is 6.07 Å². The summed E-state index contributed by atoms with van der Waals surface area (Å²) in [4.78, 5) is 33.7.